The third-order valence-electron chi connectivity index (χ3n) is 6.72. The van der Waals surface area contributed by atoms with Gasteiger partial charge in [-0.3, -0.25) is 29.4 Å². The Hall–Kier alpha value is -4.45. The molecule has 0 radical (unpaired) electrons. The minimum Gasteiger partial charge on any atom is -0.357 e. The van der Waals surface area contributed by atoms with Crippen LogP contribution in [-0.2, 0) is 25.7 Å². The maximum Gasteiger partial charge on any atom is 0.278 e. The van der Waals surface area contributed by atoms with Crippen LogP contribution in [0.3, 0.4) is 0 Å². The summed E-state index contributed by atoms with van der Waals surface area (Å²) in [6.45, 7) is 0.577. The van der Waals surface area contributed by atoms with E-state index in [4.69, 9.17) is 16.1 Å². The summed E-state index contributed by atoms with van der Waals surface area (Å²) in [6.07, 6.45) is 4.45. The summed E-state index contributed by atoms with van der Waals surface area (Å²) in [6, 6.07) is 6.03. The van der Waals surface area contributed by atoms with Crippen LogP contribution in [0.2, 0.25) is 5.02 Å². The van der Waals surface area contributed by atoms with Gasteiger partial charge in [-0.15, -0.1) is 0 Å². The molecule has 13 heteroatoms. The van der Waals surface area contributed by atoms with Gasteiger partial charge in [-0.2, -0.15) is 4.98 Å². The average Bonchev–Trinajstić information content (AvgIpc) is 3.48. The molecule has 1 unspecified atom stereocenters. The van der Waals surface area contributed by atoms with Crippen molar-refractivity contribution in [1.29, 1.82) is 0 Å². The first kappa shape index (κ1) is 23.9. The van der Waals surface area contributed by atoms with Crippen LogP contribution in [0.5, 0.6) is 0 Å². The third kappa shape index (κ3) is 4.02. The van der Waals surface area contributed by atoms with Gasteiger partial charge >= 0.3 is 0 Å². The molecule has 0 spiro atoms. The van der Waals surface area contributed by atoms with Crippen molar-refractivity contribution in [2.75, 3.05) is 6.54 Å². The maximum absolute atomic E-state index is 13.4. The van der Waals surface area contributed by atoms with Crippen molar-refractivity contribution >= 4 is 35.2 Å². The molecule has 0 saturated carbocycles. The predicted molar refractivity (Wildman–Crippen MR) is 130 cm³/mol. The van der Waals surface area contributed by atoms with E-state index >= 15 is 0 Å². The normalized spacial score (nSPS) is 19.8. The number of carbonyl (C=O) groups excluding carboxylic acids is 4. The Labute approximate surface area is 220 Å². The number of piperidine rings is 1. The van der Waals surface area contributed by atoms with Crippen LogP contribution in [0.25, 0.3) is 22.8 Å². The minimum atomic E-state index is -1.02. The van der Waals surface area contributed by atoms with E-state index in [2.05, 4.69) is 25.4 Å². The van der Waals surface area contributed by atoms with Crippen molar-refractivity contribution in [3.8, 4) is 22.8 Å². The van der Waals surface area contributed by atoms with Crippen molar-refractivity contribution in [2.45, 2.75) is 38.3 Å². The van der Waals surface area contributed by atoms with Crippen LogP contribution in [0, 0.1) is 0 Å². The first-order valence-corrected chi connectivity index (χ1v) is 12.4. The zero-order chi connectivity index (χ0) is 26.4. The van der Waals surface area contributed by atoms with Crippen molar-refractivity contribution < 1.29 is 23.7 Å². The van der Waals surface area contributed by atoms with Crippen molar-refractivity contribution in [3.05, 3.63) is 58.8 Å². The number of nitrogens with zero attached hydrogens (tertiary/aromatic N) is 6. The molecule has 5 heterocycles. The average molecular weight is 534 g/mol. The summed E-state index contributed by atoms with van der Waals surface area (Å²) >= 11 is 6.64. The van der Waals surface area contributed by atoms with Crippen LogP contribution in [0.1, 0.15) is 31.6 Å². The van der Waals surface area contributed by atoms with E-state index in [1.807, 2.05) is 0 Å². The fourth-order valence-corrected chi connectivity index (χ4v) is 5.26. The summed E-state index contributed by atoms with van der Waals surface area (Å²) in [7, 11) is 0. The number of amides is 4. The molecule has 38 heavy (non-hydrogen) atoms. The van der Waals surface area contributed by atoms with Gasteiger partial charge < -0.3 is 9.42 Å². The number of hydrogen-bond acceptors (Lipinski definition) is 10. The van der Waals surface area contributed by atoms with Gasteiger partial charge in [0.2, 0.25) is 23.5 Å². The minimum absolute atomic E-state index is 0.0623. The lowest BCUT2D eigenvalue weighted by Crippen LogP contribution is -2.55. The quantitative estimate of drug-likeness (QED) is 0.481. The molecule has 0 aliphatic carbocycles. The lowest BCUT2D eigenvalue weighted by atomic mass is 10.0. The number of nitrogens with one attached hydrogen (secondary N) is 1. The Morgan fingerprint density at radius 1 is 1.00 bits per heavy atom. The standard InChI is InChI=1S/C25H20ClN7O5/c26-19-13(21-27-9-3-10-28-21)4-1-5-14(19)22-30-18(38-31-22)12-32-11-2-6-15-20(32)25(37)33(24(15)36)16-7-8-17(34)29-23(16)35/h1,3-5,9-10,16H,2,6-8,11-12H2,(H,29,34,35). The predicted octanol–water partition coefficient (Wildman–Crippen LogP) is 1.87. The number of halogens is 1. The van der Waals surface area contributed by atoms with Gasteiger partial charge in [-0.1, -0.05) is 22.8 Å². The number of benzene rings is 1. The van der Waals surface area contributed by atoms with Gasteiger partial charge in [0.05, 0.1) is 11.6 Å². The highest BCUT2D eigenvalue weighted by Gasteiger charge is 2.48. The Morgan fingerprint density at radius 2 is 1.76 bits per heavy atom. The van der Waals surface area contributed by atoms with Crippen LogP contribution in [0.4, 0.5) is 0 Å². The smallest absolute Gasteiger partial charge is 0.278 e. The van der Waals surface area contributed by atoms with Crippen molar-refractivity contribution in [3.63, 3.8) is 0 Å². The molecule has 0 bridgehead atoms. The van der Waals surface area contributed by atoms with Crippen LogP contribution >= 0.6 is 11.6 Å². The van der Waals surface area contributed by atoms with E-state index in [0.717, 1.165) is 4.90 Å². The van der Waals surface area contributed by atoms with E-state index in [-0.39, 0.29) is 36.8 Å². The molecule has 2 aromatic heterocycles. The number of rotatable bonds is 5. The molecule has 6 rings (SSSR count). The molecule has 1 saturated heterocycles. The summed E-state index contributed by atoms with van der Waals surface area (Å²) in [5.41, 5.74) is 1.73. The molecule has 1 atom stereocenters. The molecule has 1 N–H and O–H groups in total. The molecule has 3 aliphatic rings. The summed E-state index contributed by atoms with van der Waals surface area (Å²) in [4.78, 5) is 66.1. The number of aromatic nitrogens is 4. The van der Waals surface area contributed by atoms with E-state index in [1.165, 1.54) is 0 Å². The van der Waals surface area contributed by atoms with Crippen LogP contribution in [0.15, 0.2) is 52.5 Å². The van der Waals surface area contributed by atoms with Crippen LogP contribution in [-0.4, -0.2) is 66.1 Å². The maximum atomic E-state index is 13.4. The van der Waals surface area contributed by atoms with Crippen molar-refractivity contribution in [2.24, 2.45) is 0 Å². The summed E-state index contributed by atoms with van der Waals surface area (Å²) in [5, 5.41) is 6.65. The monoisotopic (exact) mass is 533 g/mol. The highest BCUT2D eigenvalue weighted by molar-refractivity contribution is 6.35. The fourth-order valence-electron chi connectivity index (χ4n) is 4.97. The van der Waals surface area contributed by atoms with Crippen LogP contribution < -0.4 is 5.32 Å². The highest BCUT2D eigenvalue weighted by Crippen LogP contribution is 2.36. The Morgan fingerprint density at radius 3 is 2.53 bits per heavy atom. The molecule has 12 nitrogen and oxygen atoms in total. The molecule has 3 aliphatic heterocycles. The van der Waals surface area contributed by atoms with Gasteiger partial charge in [-0.05, 0) is 37.5 Å². The molecule has 4 amide bonds. The largest absolute Gasteiger partial charge is 0.357 e. The Balaban J connectivity index is 1.24. The zero-order valence-corrected chi connectivity index (χ0v) is 20.6. The lowest BCUT2D eigenvalue weighted by Gasteiger charge is -2.29. The van der Waals surface area contributed by atoms with Gasteiger partial charge in [0.15, 0.2) is 5.82 Å². The van der Waals surface area contributed by atoms with E-state index in [0.29, 0.717) is 46.9 Å². The SMILES string of the molecule is O=C1CCC(N2C(=O)C3=C(C2=O)N(Cc2nc(-c4cccc(-c5ncccn5)c4Cl)no2)CCC3)C(=O)N1. The van der Waals surface area contributed by atoms with E-state index in [1.54, 1.807) is 41.6 Å². The second-order valence-electron chi connectivity index (χ2n) is 9.05. The molecule has 1 fully saturated rings. The first-order chi connectivity index (χ1) is 18.4. The second-order valence-corrected chi connectivity index (χ2v) is 9.43. The lowest BCUT2D eigenvalue weighted by molar-refractivity contribution is -0.150. The van der Waals surface area contributed by atoms with Gasteiger partial charge in [-0.25, -0.2) is 9.97 Å². The summed E-state index contributed by atoms with van der Waals surface area (Å²) in [5.74, 6) is -1.17. The topological polar surface area (TPSA) is 151 Å². The third-order valence-corrected chi connectivity index (χ3v) is 7.12. The molecule has 192 valence electrons. The van der Waals surface area contributed by atoms with Crippen molar-refractivity contribution in [1.82, 2.24) is 35.2 Å². The second kappa shape index (κ2) is 9.45. The molecule has 3 aromatic rings. The fraction of sp³-hybridized carbons (Fsp3) is 0.280. The number of carbonyl (C=O) groups is 4. The highest BCUT2D eigenvalue weighted by atomic mass is 35.5. The zero-order valence-electron chi connectivity index (χ0n) is 19.9. The number of imide groups is 2. The van der Waals surface area contributed by atoms with Gasteiger partial charge in [0, 0.05) is 42.1 Å². The van der Waals surface area contributed by atoms with E-state index in [9.17, 15) is 19.2 Å². The first-order valence-electron chi connectivity index (χ1n) is 12.0. The molecular weight excluding hydrogens is 514 g/mol. The number of hydrogen-bond donors (Lipinski definition) is 1. The summed E-state index contributed by atoms with van der Waals surface area (Å²) < 4.78 is 5.48. The molecular formula is C25H20ClN7O5. The van der Waals surface area contributed by atoms with Gasteiger partial charge in [0.25, 0.3) is 11.8 Å². The molecule has 1 aromatic carbocycles. The Bertz CT molecular complexity index is 1520. The van der Waals surface area contributed by atoms with E-state index < -0.39 is 29.7 Å². The Kier molecular flexibility index (Phi) is 5.95. The van der Waals surface area contributed by atoms with Gasteiger partial charge in [0.1, 0.15) is 11.7 Å².